The second kappa shape index (κ2) is 6.47. The monoisotopic (exact) mass is 248 g/mol. The minimum absolute atomic E-state index is 0.0549. The third-order valence-corrected chi connectivity index (χ3v) is 3.47. The van der Waals surface area contributed by atoms with E-state index >= 15 is 0 Å². The lowest BCUT2D eigenvalue weighted by atomic mass is 9.93. The van der Waals surface area contributed by atoms with E-state index in [1.165, 1.54) is 5.56 Å². The molecule has 0 unspecified atom stereocenters. The molecular weight excluding hydrogens is 228 g/mol. The van der Waals surface area contributed by atoms with Crippen molar-refractivity contribution in [3.63, 3.8) is 0 Å². The quantitative estimate of drug-likeness (QED) is 0.467. The third kappa shape index (κ3) is 3.78. The van der Waals surface area contributed by atoms with E-state index in [9.17, 15) is 4.79 Å². The molecule has 18 heavy (non-hydrogen) atoms. The lowest BCUT2D eigenvalue weighted by molar-refractivity contribution is -0.122. The van der Waals surface area contributed by atoms with Crippen molar-refractivity contribution >= 4 is 5.91 Å². The van der Waals surface area contributed by atoms with E-state index < -0.39 is 0 Å². The lowest BCUT2D eigenvalue weighted by Crippen LogP contribution is -2.37. The van der Waals surface area contributed by atoms with Crippen molar-refractivity contribution in [2.45, 2.75) is 25.8 Å². The Morgan fingerprint density at radius 2 is 2.28 bits per heavy atom. The molecule has 2 heterocycles. The Balaban J connectivity index is 1.75. The summed E-state index contributed by atoms with van der Waals surface area (Å²) in [7, 11) is 0. The summed E-state index contributed by atoms with van der Waals surface area (Å²) in [4.78, 5) is 17.7. The lowest BCUT2D eigenvalue weighted by Gasteiger charge is -2.31. The van der Waals surface area contributed by atoms with Gasteiger partial charge in [-0.2, -0.15) is 0 Å². The number of nitrogens with zero attached hydrogens (tertiary/aromatic N) is 2. The van der Waals surface area contributed by atoms with Crippen LogP contribution in [0.5, 0.6) is 0 Å². The van der Waals surface area contributed by atoms with Crippen molar-refractivity contribution < 1.29 is 4.79 Å². The van der Waals surface area contributed by atoms with Crippen LogP contribution in [0.25, 0.3) is 0 Å². The SMILES string of the molecule is NNC(=O)CC1CCN(Cc2cccnc2)CC1. The summed E-state index contributed by atoms with van der Waals surface area (Å²) >= 11 is 0. The van der Waals surface area contributed by atoms with Crippen molar-refractivity contribution in [3.8, 4) is 0 Å². The fraction of sp³-hybridized carbons (Fsp3) is 0.538. The van der Waals surface area contributed by atoms with E-state index in [1.807, 2.05) is 12.3 Å². The topological polar surface area (TPSA) is 71.2 Å². The van der Waals surface area contributed by atoms with Crippen LogP contribution in [-0.4, -0.2) is 28.9 Å². The van der Waals surface area contributed by atoms with Crippen LogP contribution in [-0.2, 0) is 11.3 Å². The number of carbonyl (C=O) groups is 1. The maximum atomic E-state index is 11.2. The summed E-state index contributed by atoms with van der Waals surface area (Å²) < 4.78 is 0. The van der Waals surface area contributed by atoms with Crippen LogP contribution in [0.4, 0.5) is 0 Å². The zero-order valence-corrected chi connectivity index (χ0v) is 10.5. The molecule has 1 aliphatic rings. The number of carbonyl (C=O) groups excluding carboxylic acids is 1. The average Bonchev–Trinajstić information content (AvgIpc) is 2.42. The molecule has 5 nitrogen and oxygen atoms in total. The van der Waals surface area contributed by atoms with Crippen LogP contribution < -0.4 is 11.3 Å². The van der Waals surface area contributed by atoms with Gasteiger partial charge in [-0.3, -0.25) is 20.1 Å². The molecular formula is C13H20N4O. The van der Waals surface area contributed by atoms with Gasteiger partial charge in [0.05, 0.1) is 0 Å². The van der Waals surface area contributed by atoms with Gasteiger partial charge < -0.3 is 0 Å². The minimum Gasteiger partial charge on any atom is -0.299 e. The molecule has 0 spiro atoms. The van der Waals surface area contributed by atoms with E-state index in [1.54, 1.807) is 6.20 Å². The normalized spacial score (nSPS) is 17.6. The van der Waals surface area contributed by atoms with E-state index in [0.29, 0.717) is 12.3 Å². The summed E-state index contributed by atoms with van der Waals surface area (Å²) in [6.45, 7) is 3.03. The molecule has 0 aliphatic carbocycles. The fourth-order valence-electron chi connectivity index (χ4n) is 2.42. The molecule has 3 N–H and O–H groups in total. The molecule has 0 bridgehead atoms. The maximum Gasteiger partial charge on any atom is 0.234 e. The molecule has 0 saturated carbocycles. The number of rotatable bonds is 4. The molecule has 98 valence electrons. The molecule has 0 atom stereocenters. The number of aromatic nitrogens is 1. The fourth-order valence-corrected chi connectivity index (χ4v) is 2.42. The van der Waals surface area contributed by atoms with Crippen LogP contribution in [0.1, 0.15) is 24.8 Å². The van der Waals surface area contributed by atoms with Gasteiger partial charge in [0.2, 0.25) is 5.91 Å². The second-order valence-corrected chi connectivity index (χ2v) is 4.85. The molecule has 2 rings (SSSR count). The second-order valence-electron chi connectivity index (χ2n) is 4.85. The first kappa shape index (κ1) is 13.0. The molecule has 0 aromatic carbocycles. The summed E-state index contributed by atoms with van der Waals surface area (Å²) in [5, 5.41) is 0. The predicted octanol–water partition coefficient (Wildman–Crippen LogP) is 0.674. The van der Waals surface area contributed by atoms with Crippen LogP contribution in [0.15, 0.2) is 24.5 Å². The Labute approximate surface area is 107 Å². The highest BCUT2D eigenvalue weighted by Gasteiger charge is 2.21. The molecule has 0 radical (unpaired) electrons. The van der Waals surface area contributed by atoms with Crippen LogP contribution in [0.3, 0.4) is 0 Å². The highest BCUT2D eigenvalue weighted by molar-refractivity contribution is 5.75. The molecule has 1 aromatic heterocycles. The van der Waals surface area contributed by atoms with Crippen LogP contribution in [0.2, 0.25) is 0 Å². The van der Waals surface area contributed by atoms with Crippen molar-refractivity contribution in [2.24, 2.45) is 11.8 Å². The highest BCUT2D eigenvalue weighted by Crippen LogP contribution is 2.21. The Hall–Kier alpha value is -1.46. The van der Waals surface area contributed by atoms with E-state index in [4.69, 9.17) is 5.84 Å². The Morgan fingerprint density at radius 3 is 2.89 bits per heavy atom. The first-order valence-corrected chi connectivity index (χ1v) is 6.38. The molecule has 1 amide bonds. The maximum absolute atomic E-state index is 11.2. The molecule has 1 aliphatic heterocycles. The number of nitrogens with two attached hydrogens (primary N) is 1. The largest absolute Gasteiger partial charge is 0.299 e. The zero-order chi connectivity index (χ0) is 12.8. The van der Waals surface area contributed by atoms with Gasteiger partial charge in [-0.25, -0.2) is 5.84 Å². The van der Waals surface area contributed by atoms with E-state index in [0.717, 1.165) is 32.5 Å². The third-order valence-electron chi connectivity index (χ3n) is 3.47. The Kier molecular flexibility index (Phi) is 4.66. The smallest absolute Gasteiger partial charge is 0.234 e. The van der Waals surface area contributed by atoms with Gasteiger partial charge in [-0.1, -0.05) is 6.07 Å². The number of hydrogen-bond donors (Lipinski definition) is 2. The van der Waals surface area contributed by atoms with Gasteiger partial charge in [-0.05, 0) is 43.5 Å². The number of pyridine rings is 1. The summed E-state index contributed by atoms with van der Waals surface area (Å²) in [5.74, 6) is 5.52. The molecule has 1 fully saturated rings. The van der Waals surface area contributed by atoms with Gasteiger partial charge >= 0.3 is 0 Å². The zero-order valence-electron chi connectivity index (χ0n) is 10.5. The van der Waals surface area contributed by atoms with Gasteiger partial charge in [0.1, 0.15) is 0 Å². The summed E-state index contributed by atoms with van der Waals surface area (Å²) in [6, 6.07) is 4.06. The van der Waals surface area contributed by atoms with Gasteiger partial charge in [0, 0.05) is 25.4 Å². The van der Waals surface area contributed by atoms with Crippen molar-refractivity contribution in [2.75, 3.05) is 13.1 Å². The summed E-state index contributed by atoms with van der Waals surface area (Å²) in [6.07, 6.45) is 6.38. The number of hydrogen-bond acceptors (Lipinski definition) is 4. The standard InChI is InChI=1S/C13H20N4O/c14-16-13(18)8-11-3-6-17(7-4-11)10-12-2-1-5-15-9-12/h1-2,5,9,11H,3-4,6-8,10,14H2,(H,16,18). The van der Waals surface area contributed by atoms with Gasteiger partial charge in [-0.15, -0.1) is 0 Å². The van der Waals surface area contributed by atoms with Crippen molar-refractivity contribution in [1.82, 2.24) is 15.3 Å². The van der Waals surface area contributed by atoms with Crippen LogP contribution in [0, 0.1) is 5.92 Å². The van der Waals surface area contributed by atoms with Crippen molar-refractivity contribution in [3.05, 3.63) is 30.1 Å². The first-order valence-electron chi connectivity index (χ1n) is 6.38. The van der Waals surface area contributed by atoms with Crippen LogP contribution >= 0.6 is 0 Å². The Bertz CT molecular complexity index is 374. The van der Waals surface area contributed by atoms with E-state index in [2.05, 4.69) is 21.4 Å². The van der Waals surface area contributed by atoms with Crippen molar-refractivity contribution in [1.29, 1.82) is 0 Å². The minimum atomic E-state index is -0.0549. The first-order chi connectivity index (χ1) is 8.78. The Morgan fingerprint density at radius 1 is 1.50 bits per heavy atom. The average molecular weight is 248 g/mol. The number of piperidine rings is 1. The summed E-state index contributed by atoms with van der Waals surface area (Å²) in [5.41, 5.74) is 3.45. The molecule has 1 aromatic rings. The molecule has 1 saturated heterocycles. The predicted molar refractivity (Wildman–Crippen MR) is 69.2 cm³/mol. The number of likely N-dealkylation sites (tertiary alicyclic amines) is 1. The number of nitrogens with one attached hydrogen (secondary N) is 1. The van der Waals surface area contributed by atoms with E-state index in [-0.39, 0.29) is 5.91 Å². The number of amides is 1. The van der Waals surface area contributed by atoms with Gasteiger partial charge in [0.25, 0.3) is 0 Å². The molecule has 5 heteroatoms. The van der Waals surface area contributed by atoms with Gasteiger partial charge in [0.15, 0.2) is 0 Å². The number of hydrazine groups is 1. The highest BCUT2D eigenvalue weighted by atomic mass is 16.2.